The van der Waals surface area contributed by atoms with Gasteiger partial charge in [0.2, 0.25) is 0 Å². The third kappa shape index (κ3) is 4.33. The van der Waals surface area contributed by atoms with E-state index in [0.29, 0.717) is 5.25 Å². The molecule has 0 bridgehead atoms. The van der Waals surface area contributed by atoms with E-state index in [1.807, 2.05) is 11.8 Å². The molecule has 3 nitrogen and oxygen atoms in total. The van der Waals surface area contributed by atoms with E-state index in [9.17, 15) is 8.42 Å². The summed E-state index contributed by atoms with van der Waals surface area (Å²) in [6.45, 7) is 2.15. The van der Waals surface area contributed by atoms with Crippen LogP contribution in [-0.4, -0.2) is 31.8 Å². The Morgan fingerprint density at radius 1 is 1.46 bits per heavy atom. The average molecular weight is 224 g/mol. The van der Waals surface area contributed by atoms with Crippen LogP contribution < -0.4 is 0 Å². The van der Waals surface area contributed by atoms with Crippen molar-refractivity contribution in [3.8, 4) is 0 Å². The topological polar surface area (TPSA) is 43.4 Å². The van der Waals surface area contributed by atoms with Gasteiger partial charge in [0.05, 0.1) is 12.4 Å². The fourth-order valence-corrected chi connectivity index (χ4v) is 3.19. The summed E-state index contributed by atoms with van der Waals surface area (Å²) in [5.74, 6) is 1.16. The van der Waals surface area contributed by atoms with Gasteiger partial charge in [-0.05, 0) is 25.0 Å². The summed E-state index contributed by atoms with van der Waals surface area (Å²) in [6, 6.07) is 0. The van der Waals surface area contributed by atoms with Crippen molar-refractivity contribution in [2.75, 3.05) is 12.0 Å². The van der Waals surface area contributed by atoms with Gasteiger partial charge in [0, 0.05) is 5.25 Å². The maximum Gasteiger partial charge on any atom is 0.264 e. The van der Waals surface area contributed by atoms with Crippen molar-refractivity contribution in [3.63, 3.8) is 0 Å². The molecule has 0 aliphatic heterocycles. The maximum atomic E-state index is 10.7. The summed E-state index contributed by atoms with van der Waals surface area (Å²) >= 11 is 1.92. The Hall–Kier alpha value is 0.260. The molecule has 0 amide bonds. The molecule has 78 valence electrons. The maximum absolute atomic E-state index is 10.7. The zero-order chi connectivity index (χ0) is 9.90. The highest BCUT2D eigenvalue weighted by Crippen LogP contribution is 2.34. The van der Waals surface area contributed by atoms with Crippen molar-refractivity contribution in [3.05, 3.63) is 0 Å². The Morgan fingerprint density at radius 2 is 2.08 bits per heavy atom. The molecule has 0 radical (unpaired) electrons. The van der Waals surface area contributed by atoms with Crippen LogP contribution in [0.4, 0.5) is 0 Å². The summed E-state index contributed by atoms with van der Waals surface area (Å²) in [4.78, 5) is 0. The third-order valence-corrected chi connectivity index (χ3v) is 4.04. The second-order valence-corrected chi connectivity index (χ2v) is 6.40. The van der Waals surface area contributed by atoms with Crippen LogP contribution in [0.1, 0.15) is 26.2 Å². The monoisotopic (exact) mass is 224 g/mol. The van der Waals surface area contributed by atoms with Crippen LogP contribution >= 0.6 is 11.8 Å². The van der Waals surface area contributed by atoms with E-state index < -0.39 is 10.1 Å². The smallest absolute Gasteiger partial charge is 0.264 e. The molecule has 1 fully saturated rings. The minimum absolute atomic E-state index is 0.0515. The molecule has 1 rings (SSSR count). The number of hydrogen-bond acceptors (Lipinski definition) is 4. The lowest BCUT2D eigenvalue weighted by atomic mass is 9.96. The van der Waals surface area contributed by atoms with E-state index in [1.54, 1.807) is 0 Å². The van der Waals surface area contributed by atoms with Gasteiger partial charge in [-0.1, -0.05) is 6.92 Å². The summed E-state index contributed by atoms with van der Waals surface area (Å²) in [5, 5.41) is 0.617. The molecule has 1 saturated carbocycles. The summed E-state index contributed by atoms with van der Waals surface area (Å²) in [6.07, 6.45) is 4.01. The van der Waals surface area contributed by atoms with E-state index in [4.69, 9.17) is 4.18 Å². The van der Waals surface area contributed by atoms with E-state index in [1.165, 1.54) is 6.42 Å². The molecule has 0 saturated heterocycles. The Kier molecular flexibility index (Phi) is 4.06. The van der Waals surface area contributed by atoms with Crippen molar-refractivity contribution >= 4 is 21.9 Å². The zero-order valence-corrected chi connectivity index (χ0v) is 9.66. The molecule has 0 spiro atoms. The molecule has 0 N–H and O–H groups in total. The summed E-state index contributed by atoms with van der Waals surface area (Å²) in [5.41, 5.74) is 0. The zero-order valence-electron chi connectivity index (χ0n) is 8.02. The minimum atomic E-state index is -3.24. The third-order valence-electron chi connectivity index (χ3n) is 1.92. The van der Waals surface area contributed by atoms with Gasteiger partial charge in [0.25, 0.3) is 10.1 Å². The number of rotatable bonds is 5. The Bertz CT molecular complexity index is 242. The highest BCUT2D eigenvalue weighted by molar-refractivity contribution is 7.99. The molecule has 0 aromatic heterocycles. The Labute approximate surface area is 84.4 Å². The van der Waals surface area contributed by atoms with Crippen molar-refractivity contribution in [2.45, 2.75) is 37.5 Å². The molecular formula is C8H16O3S2. The van der Waals surface area contributed by atoms with Crippen LogP contribution in [0, 0.1) is 0 Å². The fourth-order valence-electron chi connectivity index (χ4n) is 1.26. The van der Waals surface area contributed by atoms with Crippen LogP contribution in [0.25, 0.3) is 0 Å². The first-order valence-electron chi connectivity index (χ1n) is 4.51. The van der Waals surface area contributed by atoms with Gasteiger partial charge >= 0.3 is 0 Å². The lowest BCUT2D eigenvalue weighted by molar-refractivity contribution is 0.135. The largest absolute Gasteiger partial charge is 0.267 e. The first-order chi connectivity index (χ1) is 6.01. The van der Waals surface area contributed by atoms with Gasteiger partial charge in [0.1, 0.15) is 0 Å². The highest BCUT2D eigenvalue weighted by Gasteiger charge is 2.32. The normalized spacial score (nSPS) is 28.5. The quantitative estimate of drug-likeness (QED) is 0.666. The van der Waals surface area contributed by atoms with Crippen LogP contribution in [-0.2, 0) is 14.3 Å². The van der Waals surface area contributed by atoms with Crippen LogP contribution in [0.3, 0.4) is 0 Å². The van der Waals surface area contributed by atoms with Crippen molar-refractivity contribution in [1.29, 1.82) is 0 Å². The fraction of sp³-hybridized carbons (Fsp3) is 1.00. The lowest BCUT2D eigenvalue weighted by Crippen LogP contribution is -2.35. The van der Waals surface area contributed by atoms with Crippen molar-refractivity contribution in [1.82, 2.24) is 0 Å². The van der Waals surface area contributed by atoms with Crippen LogP contribution in [0.5, 0.6) is 0 Å². The van der Waals surface area contributed by atoms with Gasteiger partial charge in [-0.2, -0.15) is 20.2 Å². The second-order valence-electron chi connectivity index (χ2n) is 3.39. The van der Waals surface area contributed by atoms with Gasteiger partial charge in [0.15, 0.2) is 0 Å². The predicted octanol–water partition coefficient (Wildman–Crippen LogP) is 1.64. The average Bonchev–Trinajstić information content (AvgIpc) is 1.91. The molecular weight excluding hydrogens is 208 g/mol. The number of thioether (sulfide) groups is 1. The predicted molar refractivity (Wildman–Crippen MR) is 55.5 cm³/mol. The molecule has 0 atom stereocenters. The first kappa shape index (κ1) is 11.3. The van der Waals surface area contributed by atoms with Crippen molar-refractivity contribution in [2.24, 2.45) is 0 Å². The van der Waals surface area contributed by atoms with Gasteiger partial charge in [-0.3, -0.25) is 4.18 Å². The van der Waals surface area contributed by atoms with E-state index in [-0.39, 0.29) is 6.10 Å². The van der Waals surface area contributed by atoms with Crippen molar-refractivity contribution < 1.29 is 12.6 Å². The van der Waals surface area contributed by atoms with Gasteiger partial charge in [-0.25, -0.2) is 0 Å². The van der Waals surface area contributed by atoms with E-state index >= 15 is 0 Å². The van der Waals surface area contributed by atoms with Crippen LogP contribution in [0.15, 0.2) is 0 Å². The van der Waals surface area contributed by atoms with Gasteiger partial charge in [-0.15, -0.1) is 0 Å². The molecule has 5 heteroatoms. The van der Waals surface area contributed by atoms with Gasteiger partial charge < -0.3 is 0 Å². The Balaban J connectivity index is 2.12. The first-order valence-corrected chi connectivity index (χ1v) is 7.37. The summed E-state index contributed by atoms with van der Waals surface area (Å²) in [7, 11) is -3.24. The molecule has 0 unspecified atom stereocenters. The van der Waals surface area contributed by atoms with E-state index in [2.05, 4.69) is 6.92 Å². The Morgan fingerprint density at radius 3 is 2.54 bits per heavy atom. The second kappa shape index (κ2) is 4.66. The molecule has 0 heterocycles. The SMILES string of the molecule is CCCSC1CC(OS(C)(=O)=O)C1. The minimum Gasteiger partial charge on any atom is -0.267 e. The summed E-state index contributed by atoms with van der Waals surface area (Å²) < 4.78 is 26.3. The standard InChI is InChI=1S/C8H16O3S2/c1-3-4-12-8-5-7(6-8)11-13(2,9)10/h7-8H,3-6H2,1-2H3. The molecule has 0 aromatic rings. The van der Waals surface area contributed by atoms with Crippen LogP contribution in [0.2, 0.25) is 0 Å². The molecule has 1 aliphatic carbocycles. The molecule has 0 aromatic carbocycles. The lowest BCUT2D eigenvalue weighted by Gasteiger charge is -2.33. The highest BCUT2D eigenvalue weighted by atomic mass is 32.2. The molecule has 1 aliphatic rings. The van der Waals surface area contributed by atoms with E-state index in [0.717, 1.165) is 24.9 Å². The molecule has 13 heavy (non-hydrogen) atoms. The number of hydrogen-bond donors (Lipinski definition) is 0.